The lowest BCUT2D eigenvalue weighted by Gasteiger charge is -2.17. The molecule has 0 spiro atoms. The molecule has 13 heavy (non-hydrogen) atoms. The van der Waals surface area contributed by atoms with Gasteiger partial charge in [-0.3, -0.25) is 0 Å². The van der Waals surface area contributed by atoms with E-state index in [4.69, 9.17) is 4.74 Å². The predicted octanol–water partition coefficient (Wildman–Crippen LogP) is 2.29. The van der Waals surface area contributed by atoms with Gasteiger partial charge in [-0.05, 0) is 19.1 Å². The van der Waals surface area contributed by atoms with Crippen molar-refractivity contribution in [2.45, 2.75) is 6.92 Å². The molecule has 1 aromatic carbocycles. The van der Waals surface area contributed by atoms with Crippen molar-refractivity contribution in [1.82, 2.24) is 0 Å². The van der Waals surface area contributed by atoms with E-state index in [9.17, 15) is 4.39 Å². The van der Waals surface area contributed by atoms with Crippen LogP contribution in [0.5, 0.6) is 5.75 Å². The van der Waals surface area contributed by atoms with Crippen molar-refractivity contribution in [2.24, 2.45) is 0 Å². The highest BCUT2D eigenvalue weighted by Gasteiger charge is 2.10. The van der Waals surface area contributed by atoms with Gasteiger partial charge in [-0.1, -0.05) is 6.07 Å². The highest BCUT2D eigenvalue weighted by molar-refractivity contribution is 5.58. The first kappa shape index (κ1) is 9.84. The van der Waals surface area contributed by atoms with E-state index in [0.29, 0.717) is 18.0 Å². The lowest BCUT2D eigenvalue weighted by Crippen LogP contribution is -2.12. The second-order valence-electron chi connectivity index (χ2n) is 2.91. The molecule has 0 unspecified atom stereocenters. The Kier molecular flexibility index (Phi) is 3.12. The zero-order valence-electron chi connectivity index (χ0n) is 8.17. The Bertz CT molecular complexity index is 286. The third-order valence-corrected chi connectivity index (χ3v) is 1.70. The Balaban J connectivity index is 3.10. The smallest absolute Gasteiger partial charge is 0.150 e. The molecule has 2 nitrogen and oxygen atoms in total. The average Bonchev–Trinajstić information content (AvgIpc) is 2.04. The molecule has 0 aliphatic heterocycles. The molecule has 0 aliphatic rings. The highest BCUT2D eigenvalue weighted by Crippen LogP contribution is 2.29. The van der Waals surface area contributed by atoms with Gasteiger partial charge < -0.3 is 9.64 Å². The summed E-state index contributed by atoms with van der Waals surface area (Å²) in [4.78, 5) is 1.71. The second kappa shape index (κ2) is 4.12. The fourth-order valence-electron chi connectivity index (χ4n) is 1.20. The van der Waals surface area contributed by atoms with Gasteiger partial charge >= 0.3 is 0 Å². The fourth-order valence-corrected chi connectivity index (χ4v) is 1.20. The van der Waals surface area contributed by atoms with Gasteiger partial charge in [-0.15, -0.1) is 0 Å². The van der Waals surface area contributed by atoms with E-state index in [1.165, 1.54) is 6.07 Å². The standard InChI is InChI=1S/C10H14FNO/c1-4-13-9-7-5-6-8(11)10(9)12(2)3/h5-7H,4H2,1-3H3. The molecule has 0 amide bonds. The third kappa shape index (κ3) is 2.11. The topological polar surface area (TPSA) is 12.5 Å². The summed E-state index contributed by atoms with van der Waals surface area (Å²) in [6, 6.07) is 4.84. The Labute approximate surface area is 77.9 Å². The molecule has 0 radical (unpaired) electrons. The van der Waals surface area contributed by atoms with E-state index in [2.05, 4.69) is 0 Å². The maximum Gasteiger partial charge on any atom is 0.150 e. The van der Waals surface area contributed by atoms with E-state index in [1.807, 2.05) is 6.92 Å². The molecule has 72 valence electrons. The first-order valence-corrected chi connectivity index (χ1v) is 4.25. The minimum Gasteiger partial charge on any atom is -0.492 e. The second-order valence-corrected chi connectivity index (χ2v) is 2.91. The van der Waals surface area contributed by atoms with Crippen LogP contribution in [0.3, 0.4) is 0 Å². The van der Waals surface area contributed by atoms with E-state index in [0.717, 1.165) is 0 Å². The first-order valence-electron chi connectivity index (χ1n) is 4.25. The maximum atomic E-state index is 13.3. The summed E-state index contributed by atoms with van der Waals surface area (Å²) in [6.07, 6.45) is 0. The van der Waals surface area contributed by atoms with E-state index in [-0.39, 0.29) is 5.82 Å². The van der Waals surface area contributed by atoms with Crippen molar-refractivity contribution >= 4 is 5.69 Å². The molecule has 0 atom stereocenters. The van der Waals surface area contributed by atoms with Crippen LogP contribution in [0.25, 0.3) is 0 Å². The van der Waals surface area contributed by atoms with Crippen molar-refractivity contribution in [1.29, 1.82) is 0 Å². The van der Waals surface area contributed by atoms with E-state index >= 15 is 0 Å². The Morgan fingerprint density at radius 1 is 1.38 bits per heavy atom. The van der Waals surface area contributed by atoms with Crippen LogP contribution < -0.4 is 9.64 Å². The van der Waals surface area contributed by atoms with Crippen molar-refractivity contribution in [3.63, 3.8) is 0 Å². The number of halogens is 1. The normalized spacial score (nSPS) is 9.85. The largest absolute Gasteiger partial charge is 0.492 e. The van der Waals surface area contributed by atoms with E-state index < -0.39 is 0 Å². The molecule has 0 aliphatic carbocycles. The maximum absolute atomic E-state index is 13.3. The van der Waals surface area contributed by atoms with Crippen LogP contribution in [0.4, 0.5) is 10.1 Å². The number of ether oxygens (including phenoxy) is 1. The quantitative estimate of drug-likeness (QED) is 0.712. The number of benzene rings is 1. The number of rotatable bonds is 3. The number of anilines is 1. The molecule has 0 N–H and O–H groups in total. The van der Waals surface area contributed by atoms with Crippen LogP contribution in [-0.2, 0) is 0 Å². The summed E-state index contributed by atoms with van der Waals surface area (Å²) >= 11 is 0. The summed E-state index contributed by atoms with van der Waals surface area (Å²) in [5, 5.41) is 0. The third-order valence-electron chi connectivity index (χ3n) is 1.70. The molecule has 0 bridgehead atoms. The summed E-state index contributed by atoms with van der Waals surface area (Å²) < 4.78 is 18.6. The summed E-state index contributed by atoms with van der Waals surface area (Å²) in [6.45, 7) is 2.43. The van der Waals surface area contributed by atoms with Gasteiger partial charge in [0, 0.05) is 14.1 Å². The van der Waals surface area contributed by atoms with E-state index in [1.54, 1.807) is 31.1 Å². The predicted molar refractivity (Wildman–Crippen MR) is 51.9 cm³/mol. The zero-order valence-corrected chi connectivity index (χ0v) is 8.17. The highest BCUT2D eigenvalue weighted by atomic mass is 19.1. The van der Waals surface area contributed by atoms with Gasteiger partial charge in [-0.25, -0.2) is 4.39 Å². The molecule has 0 saturated heterocycles. The minimum absolute atomic E-state index is 0.254. The lowest BCUT2D eigenvalue weighted by molar-refractivity contribution is 0.339. The van der Waals surface area contributed by atoms with Gasteiger partial charge in [-0.2, -0.15) is 0 Å². The van der Waals surface area contributed by atoms with Crippen LogP contribution in [0.15, 0.2) is 18.2 Å². The van der Waals surface area contributed by atoms with Crippen LogP contribution >= 0.6 is 0 Å². The molecule has 1 aromatic rings. The SMILES string of the molecule is CCOc1cccc(F)c1N(C)C. The average molecular weight is 183 g/mol. The van der Waals surface area contributed by atoms with Crippen LogP contribution in [0.1, 0.15) is 6.92 Å². The zero-order chi connectivity index (χ0) is 9.84. The van der Waals surface area contributed by atoms with Crippen LogP contribution in [0.2, 0.25) is 0 Å². The van der Waals surface area contributed by atoms with Crippen molar-refractivity contribution < 1.29 is 9.13 Å². The van der Waals surface area contributed by atoms with Gasteiger partial charge in [0.1, 0.15) is 17.3 Å². The van der Waals surface area contributed by atoms with Gasteiger partial charge in [0.25, 0.3) is 0 Å². The number of hydrogen-bond donors (Lipinski definition) is 0. The van der Waals surface area contributed by atoms with Gasteiger partial charge in [0.15, 0.2) is 0 Å². The summed E-state index contributed by atoms with van der Waals surface area (Å²) in [7, 11) is 3.59. The summed E-state index contributed by atoms with van der Waals surface area (Å²) in [5.41, 5.74) is 0.504. The molecule has 1 rings (SSSR count). The van der Waals surface area contributed by atoms with Crippen molar-refractivity contribution in [3.05, 3.63) is 24.0 Å². The molecule has 3 heteroatoms. The Hall–Kier alpha value is -1.25. The molecule has 0 saturated carbocycles. The van der Waals surface area contributed by atoms with Crippen molar-refractivity contribution in [2.75, 3.05) is 25.6 Å². The fraction of sp³-hybridized carbons (Fsp3) is 0.400. The molecular weight excluding hydrogens is 169 g/mol. The Morgan fingerprint density at radius 2 is 2.08 bits per heavy atom. The van der Waals surface area contributed by atoms with Gasteiger partial charge in [0.2, 0.25) is 0 Å². The summed E-state index contributed by atoms with van der Waals surface area (Å²) in [5.74, 6) is 0.337. The number of nitrogens with zero attached hydrogens (tertiary/aromatic N) is 1. The first-order chi connectivity index (χ1) is 6.16. The van der Waals surface area contributed by atoms with Crippen LogP contribution in [-0.4, -0.2) is 20.7 Å². The van der Waals surface area contributed by atoms with Crippen molar-refractivity contribution in [3.8, 4) is 5.75 Å². The monoisotopic (exact) mass is 183 g/mol. The molecule has 0 fully saturated rings. The lowest BCUT2D eigenvalue weighted by atomic mass is 10.2. The Morgan fingerprint density at radius 3 is 2.62 bits per heavy atom. The minimum atomic E-state index is -0.254. The number of para-hydroxylation sites is 1. The molecule has 0 aromatic heterocycles. The molecule has 0 heterocycles. The van der Waals surface area contributed by atoms with Gasteiger partial charge in [0.05, 0.1) is 6.61 Å². The van der Waals surface area contributed by atoms with Crippen LogP contribution in [0, 0.1) is 5.82 Å². The number of hydrogen-bond acceptors (Lipinski definition) is 2. The molecular formula is C10H14FNO.